The summed E-state index contributed by atoms with van der Waals surface area (Å²) < 4.78 is 33.2. The molecule has 122 valence electrons. The Balaban J connectivity index is 1.65. The second-order valence-electron chi connectivity index (χ2n) is 6.01. The second kappa shape index (κ2) is 5.58. The lowest BCUT2D eigenvalue weighted by Gasteiger charge is -2.41. The Kier molecular flexibility index (Phi) is 3.90. The molecule has 8 heteroatoms. The number of aliphatic hydroxyl groups is 1. The average Bonchev–Trinajstić information content (AvgIpc) is 2.94. The summed E-state index contributed by atoms with van der Waals surface area (Å²) in [6, 6.07) is 1.56. The number of carbonyl (C=O) groups is 1. The molecule has 22 heavy (non-hydrogen) atoms. The molecule has 1 saturated heterocycles. The van der Waals surface area contributed by atoms with Crippen molar-refractivity contribution in [3.63, 3.8) is 0 Å². The molecule has 1 aliphatic carbocycles. The molecule has 2 heterocycles. The third-order valence-corrected chi connectivity index (χ3v) is 4.55. The van der Waals surface area contributed by atoms with Gasteiger partial charge in [-0.3, -0.25) is 9.89 Å². The van der Waals surface area contributed by atoms with E-state index in [1.807, 2.05) is 0 Å². The van der Waals surface area contributed by atoms with Crippen LogP contribution in [0.25, 0.3) is 0 Å². The predicted octanol–water partition coefficient (Wildman–Crippen LogP) is 1.79. The quantitative estimate of drug-likeness (QED) is 0.790. The highest BCUT2D eigenvalue weighted by Crippen LogP contribution is 2.44. The smallest absolute Gasteiger partial charge is 0.352 e. The molecule has 0 unspecified atom stereocenters. The van der Waals surface area contributed by atoms with Crippen LogP contribution < -0.4 is 5.32 Å². The molecule has 1 aromatic rings. The van der Waals surface area contributed by atoms with Crippen LogP contribution in [0.1, 0.15) is 43.7 Å². The number of anilines is 1. The second-order valence-corrected chi connectivity index (χ2v) is 6.01. The molecule has 0 atom stereocenters. The zero-order valence-corrected chi connectivity index (χ0v) is 12.1. The maximum Gasteiger partial charge on any atom is 0.352 e. The third kappa shape index (κ3) is 2.61. The monoisotopic (exact) mass is 315 g/mol. The van der Waals surface area contributed by atoms with Gasteiger partial charge in [0.1, 0.15) is 5.60 Å². The Morgan fingerprint density at radius 1 is 1.45 bits per heavy atom. The van der Waals surface area contributed by atoms with Crippen LogP contribution in [0.3, 0.4) is 0 Å². The fourth-order valence-corrected chi connectivity index (χ4v) is 2.85. The molecule has 0 aromatic carbocycles. The highest BCUT2D eigenvalue weighted by molar-refractivity contribution is 5.96. The first-order valence-electron chi connectivity index (χ1n) is 7.47. The van der Waals surface area contributed by atoms with Gasteiger partial charge in [0, 0.05) is 30.9 Å². The molecule has 1 amide bonds. The largest absolute Gasteiger partial charge is 0.383 e. The summed E-state index contributed by atoms with van der Waals surface area (Å²) in [4.78, 5) is 11.8. The van der Waals surface area contributed by atoms with Gasteiger partial charge in [-0.1, -0.05) is 0 Å². The number of rotatable bonds is 4. The lowest BCUT2D eigenvalue weighted by atomic mass is 9.75. The Morgan fingerprint density at radius 3 is 2.73 bits per heavy atom. The highest BCUT2D eigenvalue weighted by Gasteiger charge is 2.61. The summed E-state index contributed by atoms with van der Waals surface area (Å²) in [6.07, 6.45) is 2.01. The summed E-state index contributed by atoms with van der Waals surface area (Å²) in [5.74, 6) is -5.06. The van der Waals surface area contributed by atoms with Gasteiger partial charge in [-0.15, -0.1) is 0 Å². The number of aromatic amines is 1. The molecule has 6 nitrogen and oxygen atoms in total. The van der Waals surface area contributed by atoms with Gasteiger partial charge in [0.25, 0.3) is 5.91 Å². The molecule has 0 bridgehead atoms. The van der Waals surface area contributed by atoms with Crippen LogP contribution in [0, 0.1) is 0 Å². The molecule has 1 aromatic heterocycles. The van der Waals surface area contributed by atoms with Crippen LogP contribution in [-0.2, 0) is 9.53 Å². The average molecular weight is 315 g/mol. The molecule has 3 N–H and O–H groups in total. The van der Waals surface area contributed by atoms with E-state index in [0.717, 1.165) is 18.5 Å². The van der Waals surface area contributed by atoms with Crippen LogP contribution in [0.5, 0.6) is 0 Å². The van der Waals surface area contributed by atoms with Gasteiger partial charge in [-0.05, 0) is 32.1 Å². The fourth-order valence-electron chi connectivity index (χ4n) is 2.85. The molecule has 0 radical (unpaired) electrons. The van der Waals surface area contributed by atoms with E-state index in [-0.39, 0.29) is 24.6 Å². The number of alkyl halides is 2. The number of hydrogen-bond acceptors (Lipinski definition) is 4. The van der Waals surface area contributed by atoms with E-state index in [1.54, 1.807) is 6.07 Å². The number of hydrogen-bond donors (Lipinski definition) is 3. The van der Waals surface area contributed by atoms with Crippen molar-refractivity contribution in [2.24, 2.45) is 0 Å². The van der Waals surface area contributed by atoms with Crippen molar-refractivity contribution in [2.75, 3.05) is 18.5 Å². The van der Waals surface area contributed by atoms with E-state index in [0.29, 0.717) is 19.6 Å². The van der Waals surface area contributed by atoms with E-state index >= 15 is 0 Å². The van der Waals surface area contributed by atoms with Crippen molar-refractivity contribution < 1.29 is 23.4 Å². The Morgan fingerprint density at radius 2 is 2.14 bits per heavy atom. The molecule has 3 rings (SSSR count). The van der Waals surface area contributed by atoms with E-state index in [4.69, 9.17) is 4.74 Å². The standard InChI is InChI=1S/C14H19F2N3O3/c15-14(16,13(21)4-1-5-13)12(20)17-11-8-10(18-19-11)9-2-6-22-7-3-9/h8-9,21H,1-7H2,(H2,17,18,19,20). The van der Waals surface area contributed by atoms with Crippen molar-refractivity contribution >= 4 is 11.7 Å². The minimum atomic E-state index is -3.82. The van der Waals surface area contributed by atoms with Gasteiger partial charge in [0.05, 0.1) is 0 Å². The Labute approximate surface area is 126 Å². The number of carbonyl (C=O) groups excluding carboxylic acids is 1. The lowest BCUT2D eigenvalue weighted by molar-refractivity contribution is -0.212. The van der Waals surface area contributed by atoms with Gasteiger partial charge in [-0.25, -0.2) is 0 Å². The van der Waals surface area contributed by atoms with Crippen molar-refractivity contribution in [2.45, 2.75) is 49.5 Å². The zero-order chi connectivity index (χ0) is 15.8. The molecule has 0 spiro atoms. The number of nitrogens with one attached hydrogen (secondary N) is 2. The van der Waals surface area contributed by atoms with Crippen molar-refractivity contribution in [3.8, 4) is 0 Å². The molecule has 1 aliphatic heterocycles. The summed E-state index contributed by atoms with van der Waals surface area (Å²) in [5, 5.41) is 18.5. The first-order valence-corrected chi connectivity index (χ1v) is 7.47. The SMILES string of the molecule is O=C(Nc1cc(C2CCOCC2)[nH]n1)C(F)(F)C1(O)CCC1. The fraction of sp³-hybridized carbons (Fsp3) is 0.714. The number of nitrogens with zero attached hydrogens (tertiary/aromatic N) is 1. The van der Waals surface area contributed by atoms with Crippen molar-refractivity contribution in [1.82, 2.24) is 10.2 Å². The van der Waals surface area contributed by atoms with Gasteiger partial charge in [0.15, 0.2) is 5.82 Å². The number of ether oxygens (including phenoxy) is 1. The van der Waals surface area contributed by atoms with Crippen LogP contribution in [-0.4, -0.2) is 45.9 Å². The van der Waals surface area contributed by atoms with Gasteiger partial charge in [-0.2, -0.15) is 13.9 Å². The molecular formula is C14H19F2N3O3. The van der Waals surface area contributed by atoms with Crippen LogP contribution in [0.15, 0.2) is 6.07 Å². The molecular weight excluding hydrogens is 296 g/mol. The number of aromatic nitrogens is 2. The summed E-state index contributed by atoms with van der Waals surface area (Å²) in [7, 11) is 0. The summed E-state index contributed by atoms with van der Waals surface area (Å²) in [5.41, 5.74) is -1.43. The van der Waals surface area contributed by atoms with Crippen LogP contribution in [0.2, 0.25) is 0 Å². The molecule has 2 aliphatic rings. The van der Waals surface area contributed by atoms with Gasteiger partial charge < -0.3 is 15.2 Å². The predicted molar refractivity (Wildman–Crippen MR) is 73.8 cm³/mol. The Bertz CT molecular complexity index is 551. The van der Waals surface area contributed by atoms with Crippen molar-refractivity contribution in [1.29, 1.82) is 0 Å². The van der Waals surface area contributed by atoms with E-state index in [2.05, 4.69) is 15.5 Å². The van der Waals surface area contributed by atoms with Gasteiger partial charge in [0.2, 0.25) is 0 Å². The minimum absolute atomic E-state index is 0.0501. The van der Waals surface area contributed by atoms with E-state index in [9.17, 15) is 18.7 Å². The normalized spacial score (nSPS) is 22.1. The number of amides is 1. The minimum Gasteiger partial charge on any atom is -0.383 e. The first-order chi connectivity index (χ1) is 10.4. The third-order valence-electron chi connectivity index (χ3n) is 4.55. The highest BCUT2D eigenvalue weighted by atomic mass is 19.3. The lowest BCUT2D eigenvalue weighted by Crippen LogP contribution is -2.59. The maximum absolute atomic E-state index is 14.0. The molecule has 2 fully saturated rings. The maximum atomic E-state index is 14.0. The topological polar surface area (TPSA) is 87.2 Å². The summed E-state index contributed by atoms with van der Waals surface area (Å²) in [6.45, 7) is 1.30. The zero-order valence-electron chi connectivity index (χ0n) is 12.1. The Hall–Kier alpha value is -1.54. The van der Waals surface area contributed by atoms with Gasteiger partial charge >= 0.3 is 5.92 Å². The van der Waals surface area contributed by atoms with E-state index < -0.39 is 17.4 Å². The first kappa shape index (κ1) is 15.4. The molecule has 1 saturated carbocycles. The number of halogens is 2. The van der Waals surface area contributed by atoms with Crippen LogP contribution in [0.4, 0.5) is 14.6 Å². The number of H-pyrrole nitrogens is 1. The van der Waals surface area contributed by atoms with Crippen LogP contribution >= 0.6 is 0 Å². The van der Waals surface area contributed by atoms with E-state index in [1.165, 1.54) is 0 Å². The van der Waals surface area contributed by atoms with Crippen molar-refractivity contribution in [3.05, 3.63) is 11.8 Å². The summed E-state index contributed by atoms with van der Waals surface area (Å²) >= 11 is 0.